The first-order valence-electron chi connectivity index (χ1n) is 8.78. The van der Waals surface area contributed by atoms with Crippen LogP contribution in [-0.4, -0.2) is 34.2 Å². The molecule has 1 N–H and O–H groups in total. The van der Waals surface area contributed by atoms with E-state index in [4.69, 9.17) is 16.3 Å². The van der Waals surface area contributed by atoms with Crippen LogP contribution in [0.4, 0.5) is 0 Å². The minimum absolute atomic E-state index is 0.0860. The van der Waals surface area contributed by atoms with Crippen molar-refractivity contribution in [2.24, 2.45) is 0 Å². The van der Waals surface area contributed by atoms with E-state index < -0.39 is 5.91 Å². The number of hydrogen-bond acceptors (Lipinski definition) is 5. The molecule has 0 atom stereocenters. The van der Waals surface area contributed by atoms with Crippen molar-refractivity contribution in [3.8, 4) is 5.75 Å². The third-order valence-electron chi connectivity index (χ3n) is 4.06. The van der Waals surface area contributed by atoms with Crippen molar-refractivity contribution in [1.29, 1.82) is 0 Å². The lowest BCUT2D eigenvalue weighted by atomic mass is 10.2. The lowest BCUT2D eigenvalue weighted by Gasteiger charge is -2.08. The number of imide groups is 1. The average Bonchev–Trinajstić information content (AvgIpc) is 3.03. The highest BCUT2D eigenvalue weighted by Gasteiger charge is 2.15. The molecule has 0 aliphatic heterocycles. The summed E-state index contributed by atoms with van der Waals surface area (Å²) in [5.41, 5.74) is 2.16. The minimum Gasteiger partial charge on any atom is -0.497 e. The molecule has 0 fully saturated rings. The Morgan fingerprint density at radius 1 is 1.21 bits per heavy atom. The van der Waals surface area contributed by atoms with Crippen LogP contribution in [0, 0.1) is 0 Å². The summed E-state index contributed by atoms with van der Waals surface area (Å²) in [6.45, 7) is 2.86. The number of halogens is 1. The van der Waals surface area contributed by atoms with Crippen LogP contribution in [-0.2, 0) is 11.3 Å². The molecule has 28 heavy (non-hydrogen) atoms. The van der Waals surface area contributed by atoms with Gasteiger partial charge in [-0.05, 0) is 48.9 Å². The van der Waals surface area contributed by atoms with Crippen molar-refractivity contribution < 1.29 is 14.3 Å². The van der Waals surface area contributed by atoms with Crippen LogP contribution in [0.25, 0.3) is 11.0 Å². The molecule has 3 aromatic rings. The van der Waals surface area contributed by atoms with Gasteiger partial charge in [0.2, 0.25) is 5.91 Å². The van der Waals surface area contributed by atoms with Gasteiger partial charge in [0, 0.05) is 17.1 Å². The first-order chi connectivity index (χ1) is 13.5. The van der Waals surface area contributed by atoms with E-state index in [1.807, 2.05) is 12.1 Å². The zero-order valence-electron chi connectivity index (χ0n) is 15.6. The van der Waals surface area contributed by atoms with E-state index in [1.54, 1.807) is 37.4 Å². The Hall–Kier alpha value is -2.51. The molecule has 0 aliphatic rings. The third-order valence-corrected chi connectivity index (χ3v) is 5.27. The lowest BCUT2D eigenvalue weighted by molar-refractivity contribution is -0.117. The maximum Gasteiger partial charge on any atom is 0.257 e. The number of imidazole rings is 1. The summed E-state index contributed by atoms with van der Waals surface area (Å²) in [4.78, 5) is 29.0. The summed E-state index contributed by atoms with van der Waals surface area (Å²) in [7, 11) is 1.55. The SMILES string of the molecule is CCCn1c(SCC(=O)NC(=O)c2ccc(OC)cc2)nc2cc(Cl)ccc21. The molecule has 0 aliphatic carbocycles. The number of aromatic nitrogens is 2. The number of fused-ring (bicyclic) bond motifs is 1. The number of carbonyl (C=O) groups is 2. The van der Waals surface area contributed by atoms with E-state index in [0.717, 1.165) is 29.2 Å². The second-order valence-electron chi connectivity index (χ2n) is 6.07. The Morgan fingerprint density at radius 2 is 1.96 bits per heavy atom. The van der Waals surface area contributed by atoms with Crippen LogP contribution in [0.2, 0.25) is 5.02 Å². The number of hydrogen-bond donors (Lipinski definition) is 1. The van der Waals surface area contributed by atoms with Crippen molar-refractivity contribution in [3.05, 3.63) is 53.1 Å². The van der Waals surface area contributed by atoms with Gasteiger partial charge in [-0.15, -0.1) is 0 Å². The van der Waals surface area contributed by atoms with Gasteiger partial charge in [-0.3, -0.25) is 14.9 Å². The van der Waals surface area contributed by atoms with Crippen LogP contribution < -0.4 is 10.1 Å². The van der Waals surface area contributed by atoms with E-state index in [0.29, 0.717) is 16.3 Å². The molecule has 2 amide bonds. The summed E-state index contributed by atoms with van der Waals surface area (Å²) >= 11 is 7.35. The van der Waals surface area contributed by atoms with E-state index in [2.05, 4.69) is 21.8 Å². The molecular weight excluding hydrogens is 398 g/mol. The Bertz CT molecular complexity index is 1000. The predicted molar refractivity (Wildman–Crippen MR) is 111 cm³/mol. The molecule has 146 valence electrons. The number of nitrogens with zero attached hydrogens (tertiary/aromatic N) is 2. The van der Waals surface area contributed by atoms with Crippen LogP contribution in [0.5, 0.6) is 5.75 Å². The van der Waals surface area contributed by atoms with Crippen LogP contribution >= 0.6 is 23.4 Å². The fourth-order valence-electron chi connectivity index (χ4n) is 2.74. The standard InChI is InChI=1S/C20H20ClN3O3S/c1-3-10-24-17-9-6-14(21)11-16(17)22-20(24)28-12-18(25)23-19(26)13-4-7-15(27-2)8-5-13/h4-9,11H,3,10,12H2,1-2H3,(H,23,25,26). The van der Waals surface area contributed by atoms with Crippen LogP contribution in [0.15, 0.2) is 47.6 Å². The summed E-state index contributed by atoms with van der Waals surface area (Å²) in [5.74, 6) is -0.0859. The number of rotatable bonds is 7. The number of carbonyl (C=O) groups excluding carboxylic acids is 2. The van der Waals surface area contributed by atoms with Crippen LogP contribution in [0.3, 0.4) is 0 Å². The van der Waals surface area contributed by atoms with E-state index in [1.165, 1.54) is 11.8 Å². The second kappa shape index (κ2) is 9.12. The molecule has 6 nitrogen and oxygen atoms in total. The Labute approximate surface area is 172 Å². The number of nitrogens with one attached hydrogen (secondary N) is 1. The maximum atomic E-state index is 12.2. The number of ether oxygens (including phenoxy) is 1. The summed E-state index contributed by atoms with van der Waals surface area (Å²) in [5, 5.41) is 3.75. The normalized spacial score (nSPS) is 10.8. The molecule has 2 aromatic carbocycles. The van der Waals surface area contributed by atoms with Gasteiger partial charge < -0.3 is 9.30 Å². The predicted octanol–water partition coefficient (Wildman–Crippen LogP) is 4.16. The molecule has 0 saturated carbocycles. The maximum absolute atomic E-state index is 12.2. The largest absolute Gasteiger partial charge is 0.497 e. The molecule has 8 heteroatoms. The van der Waals surface area contributed by atoms with Crippen molar-refractivity contribution in [3.63, 3.8) is 0 Å². The fraction of sp³-hybridized carbons (Fsp3) is 0.250. The summed E-state index contributed by atoms with van der Waals surface area (Å²) in [6, 6.07) is 12.1. The average molecular weight is 418 g/mol. The fourth-order valence-corrected chi connectivity index (χ4v) is 3.75. The minimum atomic E-state index is -0.443. The summed E-state index contributed by atoms with van der Waals surface area (Å²) < 4.78 is 7.13. The second-order valence-corrected chi connectivity index (χ2v) is 7.45. The highest BCUT2D eigenvalue weighted by atomic mass is 35.5. The Morgan fingerprint density at radius 3 is 2.64 bits per heavy atom. The van der Waals surface area contributed by atoms with Gasteiger partial charge in [-0.1, -0.05) is 30.3 Å². The van der Waals surface area contributed by atoms with Crippen molar-refractivity contribution in [2.45, 2.75) is 25.0 Å². The third kappa shape index (κ3) is 4.66. The molecule has 1 aromatic heterocycles. The number of methoxy groups -OCH3 is 1. The molecule has 0 radical (unpaired) electrons. The number of aryl methyl sites for hydroxylation is 1. The van der Waals surface area contributed by atoms with E-state index in [9.17, 15) is 9.59 Å². The topological polar surface area (TPSA) is 73.2 Å². The highest BCUT2D eigenvalue weighted by molar-refractivity contribution is 7.99. The molecule has 3 rings (SSSR count). The first kappa shape index (κ1) is 20.2. The number of benzene rings is 2. The number of thioether (sulfide) groups is 1. The van der Waals surface area contributed by atoms with E-state index in [-0.39, 0.29) is 11.7 Å². The zero-order valence-corrected chi connectivity index (χ0v) is 17.1. The highest BCUT2D eigenvalue weighted by Crippen LogP contribution is 2.26. The molecule has 0 spiro atoms. The van der Waals surface area contributed by atoms with Gasteiger partial charge in [0.1, 0.15) is 5.75 Å². The number of amides is 2. The van der Waals surface area contributed by atoms with Gasteiger partial charge in [0.05, 0.1) is 23.9 Å². The molecule has 0 unspecified atom stereocenters. The van der Waals surface area contributed by atoms with Crippen molar-refractivity contribution in [2.75, 3.05) is 12.9 Å². The van der Waals surface area contributed by atoms with Crippen molar-refractivity contribution in [1.82, 2.24) is 14.9 Å². The summed E-state index contributed by atoms with van der Waals surface area (Å²) in [6.07, 6.45) is 0.934. The zero-order chi connectivity index (χ0) is 20.1. The van der Waals surface area contributed by atoms with Gasteiger partial charge in [0.25, 0.3) is 5.91 Å². The lowest BCUT2D eigenvalue weighted by Crippen LogP contribution is -2.31. The van der Waals surface area contributed by atoms with E-state index >= 15 is 0 Å². The monoisotopic (exact) mass is 417 g/mol. The smallest absolute Gasteiger partial charge is 0.257 e. The Balaban J connectivity index is 1.66. The van der Waals surface area contributed by atoms with Gasteiger partial charge in [-0.25, -0.2) is 4.98 Å². The molecular formula is C20H20ClN3O3S. The van der Waals surface area contributed by atoms with Crippen molar-refractivity contribution >= 4 is 46.2 Å². The molecule has 1 heterocycles. The molecule has 0 saturated heterocycles. The molecule has 0 bridgehead atoms. The van der Waals surface area contributed by atoms with Gasteiger partial charge >= 0.3 is 0 Å². The first-order valence-corrected chi connectivity index (χ1v) is 10.1. The Kier molecular flexibility index (Phi) is 6.59. The quantitative estimate of drug-likeness (QED) is 0.584. The van der Waals surface area contributed by atoms with Gasteiger partial charge in [0.15, 0.2) is 5.16 Å². The van der Waals surface area contributed by atoms with Crippen LogP contribution in [0.1, 0.15) is 23.7 Å². The van der Waals surface area contributed by atoms with Gasteiger partial charge in [-0.2, -0.15) is 0 Å².